The zero-order valence-corrected chi connectivity index (χ0v) is 10.7. The van der Waals surface area contributed by atoms with E-state index < -0.39 is 16.3 Å². The monoisotopic (exact) mass is 251 g/mol. The number of rotatable bonds is 5. The standard InChI is InChI=1S/C9H21N3O3S/c1-9(13)3-6-11(2)16(14,15)12-7-4-10-5-8-12/h9-10,13H,3-8H2,1-2H3. The molecule has 1 rings (SSSR count). The van der Waals surface area contributed by atoms with Crippen LogP contribution in [0.3, 0.4) is 0 Å². The first-order valence-corrected chi connectivity index (χ1v) is 6.94. The van der Waals surface area contributed by atoms with E-state index in [2.05, 4.69) is 5.32 Å². The van der Waals surface area contributed by atoms with Gasteiger partial charge in [-0.3, -0.25) is 0 Å². The van der Waals surface area contributed by atoms with Crippen molar-refractivity contribution in [1.82, 2.24) is 13.9 Å². The van der Waals surface area contributed by atoms with Crippen molar-refractivity contribution < 1.29 is 13.5 Å². The summed E-state index contributed by atoms with van der Waals surface area (Å²) in [5.41, 5.74) is 0. The van der Waals surface area contributed by atoms with Gasteiger partial charge in [-0.2, -0.15) is 17.0 Å². The van der Waals surface area contributed by atoms with Crippen LogP contribution in [-0.2, 0) is 10.2 Å². The molecule has 1 atom stereocenters. The predicted octanol–water partition coefficient (Wildman–Crippen LogP) is -1.16. The van der Waals surface area contributed by atoms with Crippen molar-refractivity contribution in [3.05, 3.63) is 0 Å². The largest absolute Gasteiger partial charge is 0.393 e. The Bertz CT molecular complexity index is 299. The minimum atomic E-state index is -3.34. The average Bonchev–Trinajstić information content (AvgIpc) is 2.27. The average molecular weight is 251 g/mol. The Morgan fingerprint density at radius 2 is 2.00 bits per heavy atom. The molecule has 0 aromatic carbocycles. The van der Waals surface area contributed by atoms with Crippen molar-refractivity contribution in [3.8, 4) is 0 Å². The van der Waals surface area contributed by atoms with Crippen LogP contribution in [0, 0.1) is 0 Å². The molecule has 0 aromatic rings. The number of hydrogen-bond acceptors (Lipinski definition) is 4. The van der Waals surface area contributed by atoms with Gasteiger partial charge in [0, 0.05) is 39.8 Å². The fourth-order valence-corrected chi connectivity index (χ4v) is 2.93. The minimum Gasteiger partial charge on any atom is -0.393 e. The number of nitrogens with zero attached hydrogens (tertiary/aromatic N) is 2. The van der Waals surface area contributed by atoms with Crippen LogP contribution in [0.4, 0.5) is 0 Å². The van der Waals surface area contributed by atoms with Gasteiger partial charge in [0.1, 0.15) is 0 Å². The number of aliphatic hydroxyl groups excluding tert-OH is 1. The Hall–Kier alpha value is -0.210. The molecule has 1 fully saturated rings. The predicted molar refractivity (Wildman–Crippen MR) is 62.3 cm³/mol. The second kappa shape index (κ2) is 5.92. The summed E-state index contributed by atoms with van der Waals surface area (Å²) < 4.78 is 26.9. The highest BCUT2D eigenvalue weighted by atomic mass is 32.2. The Kier molecular flexibility index (Phi) is 5.13. The molecular weight excluding hydrogens is 230 g/mol. The first kappa shape index (κ1) is 13.9. The molecule has 16 heavy (non-hydrogen) atoms. The van der Waals surface area contributed by atoms with Crippen LogP contribution in [0.2, 0.25) is 0 Å². The van der Waals surface area contributed by atoms with Crippen LogP contribution in [0.15, 0.2) is 0 Å². The smallest absolute Gasteiger partial charge is 0.281 e. The van der Waals surface area contributed by atoms with E-state index in [-0.39, 0.29) is 0 Å². The second-order valence-electron chi connectivity index (χ2n) is 4.12. The molecule has 0 bridgehead atoms. The summed E-state index contributed by atoms with van der Waals surface area (Å²) >= 11 is 0. The fourth-order valence-electron chi connectivity index (χ4n) is 1.56. The van der Waals surface area contributed by atoms with Crippen LogP contribution < -0.4 is 5.32 Å². The van der Waals surface area contributed by atoms with E-state index in [0.717, 1.165) is 0 Å². The highest BCUT2D eigenvalue weighted by Crippen LogP contribution is 2.08. The summed E-state index contributed by atoms with van der Waals surface area (Å²) in [5.74, 6) is 0. The van der Waals surface area contributed by atoms with Crippen molar-refractivity contribution in [2.75, 3.05) is 39.8 Å². The molecule has 0 aromatic heterocycles. The minimum absolute atomic E-state index is 0.351. The van der Waals surface area contributed by atoms with E-state index in [0.29, 0.717) is 39.1 Å². The highest BCUT2D eigenvalue weighted by Gasteiger charge is 2.27. The van der Waals surface area contributed by atoms with Gasteiger partial charge in [-0.25, -0.2) is 0 Å². The molecule has 0 saturated carbocycles. The topological polar surface area (TPSA) is 72.9 Å². The maximum absolute atomic E-state index is 12.0. The molecule has 1 saturated heterocycles. The molecule has 1 aliphatic rings. The second-order valence-corrected chi connectivity index (χ2v) is 6.15. The summed E-state index contributed by atoms with van der Waals surface area (Å²) in [5, 5.41) is 12.2. The lowest BCUT2D eigenvalue weighted by Gasteiger charge is -2.30. The lowest BCUT2D eigenvalue weighted by molar-refractivity contribution is 0.176. The van der Waals surface area contributed by atoms with E-state index in [4.69, 9.17) is 5.11 Å². The molecular formula is C9H21N3O3S. The molecule has 0 radical (unpaired) electrons. The molecule has 0 spiro atoms. The van der Waals surface area contributed by atoms with Crippen LogP contribution in [0.25, 0.3) is 0 Å². The van der Waals surface area contributed by atoms with Crippen molar-refractivity contribution >= 4 is 10.2 Å². The Morgan fingerprint density at radius 3 is 2.50 bits per heavy atom. The van der Waals surface area contributed by atoms with E-state index in [1.54, 1.807) is 14.0 Å². The zero-order chi connectivity index (χ0) is 12.2. The molecule has 0 aliphatic carbocycles. The molecule has 1 unspecified atom stereocenters. The fraction of sp³-hybridized carbons (Fsp3) is 1.00. The molecule has 6 nitrogen and oxygen atoms in total. The normalized spacial score (nSPS) is 21.2. The summed E-state index contributed by atoms with van der Waals surface area (Å²) in [6, 6.07) is 0. The van der Waals surface area contributed by atoms with Gasteiger partial charge in [0.05, 0.1) is 6.10 Å². The van der Waals surface area contributed by atoms with Crippen molar-refractivity contribution in [1.29, 1.82) is 0 Å². The Balaban J connectivity index is 2.54. The van der Waals surface area contributed by atoms with Gasteiger partial charge >= 0.3 is 0 Å². The van der Waals surface area contributed by atoms with Gasteiger partial charge in [-0.15, -0.1) is 0 Å². The Labute approximate surface area is 97.4 Å². The summed E-state index contributed by atoms with van der Waals surface area (Å²) in [6.45, 7) is 4.44. The summed E-state index contributed by atoms with van der Waals surface area (Å²) in [7, 11) is -1.79. The molecule has 2 N–H and O–H groups in total. The third kappa shape index (κ3) is 3.67. The lowest BCUT2D eigenvalue weighted by Crippen LogP contribution is -2.51. The quantitative estimate of drug-likeness (QED) is 0.646. The van der Waals surface area contributed by atoms with Gasteiger partial charge < -0.3 is 10.4 Å². The van der Waals surface area contributed by atoms with E-state index in [9.17, 15) is 8.42 Å². The lowest BCUT2D eigenvalue weighted by atomic mass is 10.3. The van der Waals surface area contributed by atoms with Crippen LogP contribution in [-0.4, -0.2) is 68.0 Å². The number of aliphatic hydroxyl groups is 1. The maximum Gasteiger partial charge on any atom is 0.281 e. The van der Waals surface area contributed by atoms with E-state index in [1.165, 1.54) is 8.61 Å². The van der Waals surface area contributed by atoms with Crippen molar-refractivity contribution in [3.63, 3.8) is 0 Å². The molecule has 0 amide bonds. The SMILES string of the molecule is CC(O)CCN(C)S(=O)(=O)N1CCNCC1. The van der Waals surface area contributed by atoms with Crippen molar-refractivity contribution in [2.45, 2.75) is 19.4 Å². The molecule has 1 heterocycles. The summed E-state index contributed by atoms with van der Waals surface area (Å²) in [6.07, 6.45) is -0.0115. The number of piperazine rings is 1. The highest BCUT2D eigenvalue weighted by molar-refractivity contribution is 7.86. The van der Waals surface area contributed by atoms with Gasteiger partial charge in [-0.05, 0) is 13.3 Å². The zero-order valence-electron chi connectivity index (χ0n) is 9.89. The van der Waals surface area contributed by atoms with Gasteiger partial charge in [-0.1, -0.05) is 0 Å². The Morgan fingerprint density at radius 1 is 1.44 bits per heavy atom. The number of hydrogen-bond donors (Lipinski definition) is 2. The van der Waals surface area contributed by atoms with Crippen molar-refractivity contribution in [2.24, 2.45) is 0 Å². The maximum atomic E-state index is 12.0. The third-order valence-electron chi connectivity index (χ3n) is 2.66. The molecule has 96 valence electrons. The van der Waals surface area contributed by atoms with Gasteiger partial charge in [0.2, 0.25) is 0 Å². The van der Waals surface area contributed by atoms with E-state index >= 15 is 0 Å². The molecule has 7 heteroatoms. The summed E-state index contributed by atoms with van der Waals surface area (Å²) in [4.78, 5) is 0. The molecule has 1 aliphatic heterocycles. The van der Waals surface area contributed by atoms with Gasteiger partial charge in [0.15, 0.2) is 0 Å². The van der Waals surface area contributed by atoms with Gasteiger partial charge in [0.25, 0.3) is 10.2 Å². The number of nitrogens with one attached hydrogen (secondary N) is 1. The van der Waals surface area contributed by atoms with Crippen LogP contribution >= 0.6 is 0 Å². The van der Waals surface area contributed by atoms with E-state index in [1.807, 2.05) is 0 Å². The first-order valence-electron chi connectivity index (χ1n) is 5.55. The van der Waals surface area contributed by atoms with Crippen LogP contribution in [0.1, 0.15) is 13.3 Å². The van der Waals surface area contributed by atoms with Crippen LogP contribution in [0.5, 0.6) is 0 Å². The first-order chi connectivity index (χ1) is 7.44. The third-order valence-corrected chi connectivity index (χ3v) is 4.65.